The van der Waals surface area contributed by atoms with Crippen LogP contribution in [0.1, 0.15) is 0 Å². The first-order chi connectivity index (χ1) is 13.1. The summed E-state index contributed by atoms with van der Waals surface area (Å²) in [6.45, 7) is -0.503. The lowest BCUT2D eigenvalue weighted by atomic mass is 9.99. The summed E-state index contributed by atoms with van der Waals surface area (Å²) < 4.78 is 13.3. The van der Waals surface area contributed by atoms with E-state index in [-0.39, 0.29) is 0 Å². The summed E-state index contributed by atoms with van der Waals surface area (Å²) in [5.41, 5.74) is 1.85. The van der Waals surface area contributed by atoms with Gasteiger partial charge in [0.25, 0.3) is 0 Å². The molecule has 2 aromatic carbocycles. The first-order valence-corrected chi connectivity index (χ1v) is 8.73. The van der Waals surface area contributed by atoms with Crippen LogP contribution in [0.25, 0.3) is 16.6 Å². The smallest absolute Gasteiger partial charge is 0.229 e. The minimum Gasteiger partial charge on any atom is -0.460 e. The summed E-state index contributed by atoms with van der Waals surface area (Å²) in [5, 5.41) is 40.2. The van der Waals surface area contributed by atoms with Gasteiger partial charge >= 0.3 is 0 Å². The molecular formula is C20H21NO6. The van der Waals surface area contributed by atoms with Gasteiger partial charge in [0.05, 0.1) is 18.3 Å². The standard InChI is InChI=1S/C20H21NO6/c22-11-16-17(23)18(24)19(25)20(27-16)26-15-10-21(12-6-2-1-3-7-12)14-9-5-4-8-13(14)15/h1-10,16-20,22-25H,11H2/t16-,17+,18+,19-,20-/m1/s1. The van der Waals surface area contributed by atoms with Crippen LogP contribution in [0, 0.1) is 0 Å². The number of aromatic nitrogens is 1. The Kier molecular flexibility index (Phi) is 4.86. The average molecular weight is 371 g/mol. The zero-order chi connectivity index (χ0) is 19.0. The maximum Gasteiger partial charge on any atom is 0.229 e. The molecule has 1 saturated heterocycles. The number of hydrogen-bond acceptors (Lipinski definition) is 6. The van der Waals surface area contributed by atoms with E-state index in [1.165, 1.54) is 0 Å². The molecule has 0 unspecified atom stereocenters. The van der Waals surface area contributed by atoms with E-state index in [0.717, 1.165) is 16.6 Å². The normalized spacial score (nSPS) is 28.4. The Bertz CT molecular complexity index is 909. The van der Waals surface area contributed by atoms with Crippen molar-refractivity contribution in [2.75, 3.05) is 6.61 Å². The summed E-state index contributed by atoms with van der Waals surface area (Å²) in [6, 6.07) is 17.3. The summed E-state index contributed by atoms with van der Waals surface area (Å²) in [5.74, 6) is 0.457. The summed E-state index contributed by atoms with van der Waals surface area (Å²) in [6.07, 6.45) is -4.83. The highest BCUT2D eigenvalue weighted by molar-refractivity contribution is 5.88. The number of benzene rings is 2. The molecule has 27 heavy (non-hydrogen) atoms. The highest BCUT2D eigenvalue weighted by Gasteiger charge is 2.44. The Labute approximate surface area is 155 Å². The molecule has 1 aliphatic heterocycles. The van der Waals surface area contributed by atoms with Gasteiger partial charge in [-0.1, -0.05) is 30.3 Å². The second-order valence-corrected chi connectivity index (χ2v) is 6.53. The Morgan fingerprint density at radius 3 is 2.33 bits per heavy atom. The quantitative estimate of drug-likeness (QED) is 0.541. The third-order valence-electron chi connectivity index (χ3n) is 4.80. The van der Waals surface area contributed by atoms with E-state index in [2.05, 4.69) is 0 Å². The van der Waals surface area contributed by atoms with Gasteiger partial charge in [-0.2, -0.15) is 0 Å². The van der Waals surface area contributed by atoms with Gasteiger partial charge in [0, 0.05) is 11.1 Å². The fourth-order valence-corrected chi connectivity index (χ4v) is 3.33. The van der Waals surface area contributed by atoms with Crippen molar-refractivity contribution < 1.29 is 29.9 Å². The van der Waals surface area contributed by atoms with Gasteiger partial charge in [-0.3, -0.25) is 0 Å². The van der Waals surface area contributed by atoms with Crippen molar-refractivity contribution in [1.29, 1.82) is 0 Å². The topological polar surface area (TPSA) is 104 Å². The molecule has 5 atom stereocenters. The molecule has 1 aromatic heterocycles. The largest absolute Gasteiger partial charge is 0.460 e. The van der Waals surface area contributed by atoms with Crippen molar-refractivity contribution >= 4 is 10.9 Å². The van der Waals surface area contributed by atoms with Crippen molar-refractivity contribution in [3.8, 4) is 11.4 Å². The lowest BCUT2D eigenvalue weighted by molar-refractivity contribution is -0.277. The van der Waals surface area contributed by atoms with Gasteiger partial charge in [0.2, 0.25) is 6.29 Å². The van der Waals surface area contributed by atoms with E-state index >= 15 is 0 Å². The average Bonchev–Trinajstić information content (AvgIpc) is 3.08. The second-order valence-electron chi connectivity index (χ2n) is 6.53. The van der Waals surface area contributed by atoms with E-state index in [0.29, 0.717) is 5.75 Å². The van der Waals surface area contributed by atoms with Gasteiger partial charge in [-0.05, 0) is 24.3 Å². The highest BCUT2D eigenvalue weighted by Crippen LogP contribution is 2.33. The number of fused-ring (bicyclic) bond motifs is 1. The lowest BCUT2D eigenvalue weighted by Crippen LogP contribution is -2.60. The fourth-order valence-electron chi connectivity index (χ4n) is 3.33. The molecule has 0 radical (unpaired) electrons. The molecule has 4 rings (SSSR count). The second kappa shape index (κ2) is 7.30. The molecule has 1 aliphatic rings. The van der Waals surface area contributed by atoms with Crippen LogP contribution in [0.2, 0.25) is 0 Å². The first-order valence-electron chi connectivity index (χ1n) is 8.73. The fraction of sp³-hybridized carbons (Fsp3) is 0.300. The van der Waals surface area contributed by atoms with Crippen LogP contribution in [0.5, 0.6) is 5.75 Å². The van der Waals surface area contributed by atoms with Gasteiger partial charge in [-0.15, -0.1) is 0 Å². The Balaban J connectivity index is 1.70. The Morgan fingerprint density at radius 2 is 1.59 bits per heavy atom. The third kappa shape index (κ3) is 3.20. The van der Waals surface area contributed by atoms with Crippen LogP contribution in [-0.2, 0) is 4.74 Å². The van der Waals surface area contributed by atoms with Crippen molar-refractivity contribution in [1.82, 2.24) is 4.57 Å². The molecule has 7 heteroatoms. The number of para-hydroxylation sites is 2. The minimum absolute atomic E-state index is 0.457. The van der Waals surface area contributed by atoms with Gasteiger partial charge in [-0.25, -0.2) is 0 Å². The predicted octanol–water partition coefficient (Wildman–Crippen LogP) is 0.809. The van der Waals surface area contributed by atoms with Crippen LogP contribution in [-0.4, -0.2) is 62.3 Å². The third-order valence-corrected chi connectivity index (χ3v) is 4.80. The van der Waals surface area contributed by atoms with Crippen LogP contribution >= 0.6 is 0 Å². The monoisotopic (exact) mass is 371 g/mol. The molecular weight excluding hydrogens is 350 g/mol. The summed E-state index contributed by atoms with van der Waals surface area (Å²) in [4.78, 5) is 0. The zero-order valence-corrected chi connectivity index (χ0v) is 14.4. The molecule has 0 saturated carbocycles. The lowest BCUT2D eigenvalue weighted by Gasteiger charge is -2.39. The molecule has 142 valence electrons. The van der Waals surface area contributed by atoms with Gasteiger partial charge in [0.1, 0.15) is 30.2 Å². The maximum absolute atomic E-state index is 10.2. The Hall–Kier alpha value is -2.42. The minimum atomic E-state index is -1.48. The van der Waals surface area contributed by atoms with Crippen LogP contribution in [0.4, 0.5) is 0 Å². The number of aliphatic hydroxyl groups excluding tert-OH is 4. The van der Waals surface area contributed by atoms with Crippen LogP contribution in [0.15, 0.2) is 60.8 Å². The molecule has 3 aromatic rings. The van der Waals surface area contributed by atoms with Crippen molar-refractivity contribution in [3.63, 3.8) is 0 Å². The maximum atomic E-state index is 10.2. The van der Waals surface area contributed by atoms with Gasteiger partial charge in [0.15, 0.2) is 0 Å². The molecule has 0 amide bonds. The van der Waals surface area contributed by atoms with E-state index < -0.39 is 37.3 Å². The van der Waals surface area contributed by atoms with Crippen molar-refractivity contribution in [2.45, 2.75) is 30.7 Å². The summed E-state index contributed by atoms with van der Waals surface area (Å²) in [7, 11) is 0. The number of nitrogens with zero attached hydrogens (tertiary/aromatic N) is 1. The van der Waals surface area contributed by atoms with Gasteiger partial charge < -0.3 is 34.5 Å². The van der Waals surface area contributed by atoms with E-state index in [1.807, 2.05) is 59.2 Å². The zero-order valence-electron chi connectivity index (χ0n) is 14.4. The number of aliphatic hydroxyl groups is 4. The van der Waals surface area contributed by atoms with Crippen LogP contribution in [0.3, 0.4) is 0 Å². The first kappa shape index (κ1) is 18.0. The van der Waals surface area contributed by atoms with Crippen molar-refractivity contribution in [2.24, 2.45) is 0 Å². The molecule has 0 aliphatic carbocycles. The number of hydrogen-bond donors (Lipinski definition) is 4. The number of ether oxygens (including phenoxy) is 2. The Morgan fingerprint density at radius 1 is 0.889 bits per heavy atom. The molecule has 0 bridgehead atoms. The molecule has 1 fully saturated rings. The van der Waals surface area contributed by atoms with E-state index in [9.17, 15) is 20.4 Å². The van der Waals surface area contributed by atoms with E-state index in [1.54, 1.807) is 6.20 Å². The molecule has 4 N–H and O–H groups in total. The van der Waals surface area contributed by atoms with Crippen molar-refractivity contribution in [3.05, 3.63) is 60.8 Å². The van der Waals surface area contributed by atoms with Crippen LogP contribution < -0.4 is 4.74 Å². The predicted molar refractivity (Wildman–Crippen MR) is 97.7 cm³/mol. The highest BCUT2D eigenvalue weighted by atomic mass is 16.7. The summed E-state index contributed by atoms with van der Waals surface area (Å²) >= 11 is 0. The number of rotatable bonds is 4. The molecule has 0 spiro atoms. The molecule has 7 nitrogen and oxygen atoms in total. The molecule has 2 heterocycles. The van der Waals surface area contributed by atoms with E-state index in [4.69, 9.17) is 9.47 Å². The SMILES string of the molecule is OC[C@H]1O[C@@H](Oc2cn(-c3ccccc3)c3ccccc23)[C@H](O)[C@@H](O)[C@H]1O.